The molecule has 5 rings (SSSR count). The van der Waals surface area contributed by atoms with Gasteiger partial charge >= 0.3 is 5.97 Å². The number of aliphatic hydroxyl groups is 1. The van der Waals surface area contributed by atoms with Gasteiger partial charge in [0.1, 0.15) is 0 Å². The van der Waals surface area contributed by atoms with Crippen molar-refractivity contribution < 1.29 is 14.6 Å². The largest absolute Gasteiger partial charge is 0.465 e. The van der Waals surface area contributed by atoms with Crippen molar-refractivity contribution in [2.45, 2.75) is 50.5 Å². The normalized spacial score (nSPS) is 14.6. The van der Waals surface area contributed by atoms with Gasteiger partial charge < -0.3 is 9.84 Å². The summed E-state index contributed by atoms with van der Waals surface area (Å²) in [5.74, 6) is -0.111. The summed E-state index contributed by atoms with van der Waals surface area (Å²) in [6.07, 6.45) is 5.46. The molecule has 0 amide bonds. The summed E-state index contributed by atoms with van der Waals surface area (Å²) in [6, 6.07) is 30.8. The molecule has 0 spiro atoms. The van der Waals surface area contributed by atoms with Gasteiger partial charge in [-0.1, -0.05) is 84.9 Å². The Bertz CT molecular complexity index is 1330. The number of hydrogen-bond acceptors (Lipinski definition) is 4. The zero-order valence-corrected chi connectivity index (χ0v) is 21.3. The number of carbonyl (C=O) groups is 1. The minimum absolute atomic E-state index is 0.111. The van der Waals surface area contributed by atoms with E-state index >= 15 is 0 Å². The number of esters is 1. The van der Waals surface area contributed by atoms with Crippen molar-refractivity contribution in [3.8, 4) is 22.4 Å². The van der Waals surface area contributed by atoms with Crippen LogP contribution in [0.4, 0.5) is 0 Å². The maximum Gasteiger partial charge on any atom is 0.316 e. The first-order chi connectivity index (χ1) is 18.1. The van der Waals surface area contributed by atoms with Crippen LogP contribution in [0.1, 0.15) is 55.4 Å². The second-order valence-corrected chi connectivity index (χ2v) is 9.79. The summed E-state index contributed by atoms with van der Waals surface area (Å²) >= 11 is 0. The second-order valence-electron chi connectivity index (χ2n) is 9.79. The minimum atomic E-state index is -0.561. The quantitative estimate of drug-likeness (QED) is 0.241. The number of aromatic nitrogens is 1. The number of ether oxygens (including phenoxy) is 1. The van der Waals surface area contributed by atoms with Crippen molar-refractivity contribution >= 4 is 5.97 Å². The third-order valence-corrected chi connectivity index (χ3v) is 7.33. The Kier molecular flexibility index (Phi) is 7.47. The topological polar surface area (TPSA) is 59.4 Å². The molecule has 188 valence electrons. The molecule has 1 heterocycles. The molecular weight excluding hydrogens is 458 g/mol. The zero-order chi connectivity index (χ0) is 25.7. The van der Waals surface area contributed by atoms with Crippen LogP contribution < -0.4 is 0 Å². The van der Waals surface area contributed by atoms with Gasteiger partial charge in [-0.3, -0.25) is 9.78 Å². The third kappa shape index (κ3) is 5.50. The molecule has 1 saturated carbocycles. The lowest BCUT2D eigenvalue weighted by atomic mass is 9.93. The highest BCUT2D eigenvalue weighted by atomic mass is 16.5. The molecule has 1 N–H and O–H groups in total. The Morgan fingerprint density at radius 1 is 0.892 bits per heavy atom. The lowest BCUT2D eigenvalue weighted by molar-refractivity contribution is -0.146. The molecule has 1 aliphatic carbocycles. The van der Waals surface area contributed by atoms with Crippen LogP contribution in [-0.4, -0.2) is 22.7 Å². The molecule has 1 atom stereocenters. The van der Waals surface area contributed by atoms with Crippen LogP contribution >= 0.6 is 0 Å². The number of aryl methyl sites for hydroxylation is 1. The molecular formula is C33H33NO3. The Labute approximate surface area is 219 Å². The van der Waals surface area contributed by atoms with E-state index in [1.807, 2.05) is 25.1 Å². The van der Waals surface area contributed by atoms with E-state index in [0.29, 0.717) is 13.0 Å². The predicted octanol–water partition coefficient (Wildman–Crippen LogP) is 7.07. The van der Waals surface area contributed by atoms with Crippen LogP contribution in [0, 0.1) is 0 Å². The summed E-state index contributed by atoms with van der Waals surface area (Å²) in [5, 5.41) is 11.0. The fourth-order valence-corrected chi connectivity index (χ4v) is 5.03. The van der Waals surface area contributed by atoms with Gasteiger partial charge in [-0.15, -0.1) is 0 Å². The smallest absolute Gasteiger partial charge is 0.316 e. The number of carbonyl (C=O) groups excluding carboxylic acids is 1. The summed E-state index contributed by atoms with van der Waals surface area (Å²) in [5.41, 5.74) is 6.73. The van der Waals surface area contributed by atoms with Crippen molar-refractivity contribution in [3.05, 3.63) is 114 Å². The van der Waals surface area contributed by atoms with Crippen molar-refractivity contribution in [2.75, 3.05) is 6.61 Å². The van der Waals surface area contributed by atoms with Crippen LogP contribution in [0.15, 0.2) is 97.2 Å². The Balaban J connectivity index is 1.28. The number of rotatable bonds is 10. The van der Waals surface area contributed by atoms with E-state index < -0.39 is 11.5 Å². The van der Waals surface area contributed by atoms with Crippen molar-refractivity contribution in [1.29, 1.82) is 0 Å². The van der Waals surface area contributed by atoms with Crippen LogP contribution in [0.25, 0.3) is 22.4 Å². The molecule has 3 aromatic carbocycles. The standard InChI is InChI=1S/C33H33NO3/c1-2-37-32(36)33(21-22-33)28-19-17-26(18-20-28)25-13-15-27(16-14-25)31-29(11-7-23-34-31)30(35)12-6-10-24-8-4-3-5-9-24/h3-5,7-9,11,13-20,23,30,35H,2,6,10,12,21-22H2,1H3. The highest BCUT2D eigenvalue weighted by molar-refractivity contribution is 5.87. The number of benzene rings is 3. The summed E-state index contributed by atoms with van der Waals surface area (Å²) in [7, 11) is 0. The van der Waals surface area contributed by atoms with Gasteiger partial charge in [0, 0.05) is 17.3 Å². The molecule has 1 aliphatic rings. The maximum absolute atomic E-state index is 12.4. The van der Waals surface area contributed by atoms with E-state index in [1.165, 1.54) is 5.56 Å². The van der Waals surface area contributed by atoms with Gasteiger partial charge in [0.05, 0.1) is 23.8 Å². The molecule has 0 radical (unpaired) electrons. The highest BCUT2D eigenvalue weighted by Crippen LogP contribution is 2.49. The molecule has 1 unspecified atom stereocenters. The fourth-order valence-electron chi connectivity index (χ4n) is 5.03. The molecule has 37 heavy (non-hydrogen) atoms. The molecule has 1 aromatic heterocycles. The molecule has 4 heteroatoms. The van der Waals surface area contributed by atoms with Crippen molar-refractivity contribution in [1.82, 2.24) is 4.98 Å². The Morgan fingerprint density at radius 2 is 1.54 bits per heavy atom. The Morgan fingerprint density at radius 3 is 2.19 bits per heavy atom. The highest BCUT2D eigenvalue weighted by Gasteiger charge is 2.52. The first-order valence-electron chi connectivity index (χ1n) is 13.2. The SMILES string of the molecule is CCOC(=O)C1(c2ccc(-c3ccc(-c4ncccc4C(O)CCCc4ccccc4)cc3)cc2)CC1. The summed E-state index contributed by atoms with van der Waals surface area (Å²) in [4.78, 5) is 17.0. The molecule has 0 bridgehead atoms. The van der Waals surface area contributed by atoms with E-state index in [1.54, 1.807) is 6.20 Å². The first-order valence-corrected chi connectivity index (χ1v) is 13.2. The van der Waals surface area contributed by atoms with Gasteiger partial charge in [0.25, 0.3) is 0 Å². The van der Waals surface area contributed by atoms with E-state index in [0.717, 1.165) is 59.2 Å². The van der Waals surface area contributed by atoms with Crippen LogP contribution in [0.5, 0.6) is 0 Å². The first kappa shape index (κ1) is 24.9. The molecule has 1 fully saturated rings. The average molecular weight is 492 g/mol. The number of nitrogens with zero attached hydrogens (tertiary/aromatic N) is 1. The van der Waals surface area contributed by atoms with E-state index in [4.69, 9.17) is 4.74 Å². The third-order valence-electron chi connectivity index (χ3n) is 7.33. The molecule has 4 aromatic rings. The van der Waals surface area contributed by atoms with Crippen molar-refractivity contribution in [2.24, 2.45) is 0 Å². The number of aliphatic hydroxyl groups excluding tert-OH is 1. The Hall–Kier alpha value is -3.76. The van der Waals surface area contributed by atoms with Gasteiger partial charge in [-0.05, 0) is 67.3 Å². The van der Waals surface area contributed by atoms with Gasteiger partial charge in [-0.25, -0.2) is 0 Å². The molecule has 0 aliphatic heterocycles. The fraction of sp³-hybridized carbons (Fsp3) is 0.273. The average Bonchev–Trinajstić information content (AvgIpc) is 3.76. The van der Waals surface area contributed by atoms with Gasteiger partial charge in [-0.2, -0.15) is 0 Å². The van der Waals surface area contributed by atoms with Gasteiger partial charge in [0.15, 0.2) is 0 Å². The zero-order valence-electron chi connectivity index (χ0n) is 21.3. The second kappa shape index (κ2) is 11.1. The van der Waals surface area contributed by atoms with Crippen LogP contribution in [0.3, 0.4) is 0 Å². The molecule has 4 nitrogen and oxygen atoms in total. The predicted molar refractivity (Wildman–Crippen MR) is 147 cm³/mol. The minimum Gasteiger partial charge on any atom is -0.465 e. The maximum atomic E-state index is 12.4. The lowest BCUT2D eigenvalue weighted by Crippen LogP contribution is -2.23. The number of hydrogen-bond donors (Lipinski definition) is 1. The van der Waals surface area contributed by atoms with Gasteiger partial charge in [0.2, 0.25) is 0 Å². The van der Waals surface area contributed by atoms with Crippen LogP contribution in [0.2, 0.25) is 0 Å². The summed E-state index contributed by atoms with van der Waals surface area (Å²) < 4.78 is 5.30. The summed E-state index contributed by atoms with van der Waals surface area (Å²) in [6.45, 7) is 2.26. The lowest BCUT2D eigenvalue weighted by Gasteiger charge is -2.16. The number of pyridine rings is 1. The molecule has 0 saturated heterocycles. The van der Waals surface area contributed by atoms with E-state index in [9.17, 15) is 9.90 Å². The monoisotopic (exact) mass is 491 g/mol. The van der Waals surface area contributed by atoms with Crippen LogP contribution in [-0.2, 0) is 21.4 Å². The van der Waals surface area contributed by atoms with E-state index in [2.05, 4.69) is 77.8 Å². The van der Waals surface area contributed by atoms with E-state index in [-0.39, 0.29) is 5.97 Å². The van der Waals surface area contributed by atoms with Crippen molar-refractivity contribution in [3.63, 3.8) is 0 Å².